The van der Waals surface area contributed by atoms with Crippen molar-refractivity contribution in [2.75, 3.05) is 25.0 Å². The number of carbonyl (C=O) groups excluding carboxylic acids is 2. The number of aromatic nitrogens is 3. The van der Waals surface area contributed by atoms with Gasteiger partial charge >= 0.3 is 12.0 Å². The summed E-state index contributed by atoms with van der Waals surface area (Å²) in [7, 11) is 0. The number of anilines is 1. The maximum absolute atomic E-state index is 12.7. The van der Waals surface area contributed by atoms with Gasteiger partial charge in [-0.2, -0.15) is 0 Å². The number of ether oxygens (including phenoxy) is 1. The number of nitrogens with one attached hydrogen (secondary N) is 1. The highest BCUT2D eigenvalue weighted by Gasteiger charge is 2.29. The Morgan fingerprint density at radius 3 is 3.00 bits per heavy atom. The Bertz CT molecular complexity index is 878. The van der Waals surface area contributed by atoms with Gasteiger partial charge in [-0.25, -0.2) is 4.79 Å². The van der Waals surface area contributed by atoms with Gasteiger partial charge in [0, 0.05) is 37.3 Å². The molecule has 8 nitrogen and oxygen atoms in total. The molecular formula is C20H25N5O3. The SMILES string of the molecule is CCOC(=O)[C@H]1CCCN(C(=O)Nc2cccc(-c3nnc4n3CCC4)c2)C1. The van der Waals surface area contributed by atoms with E-state index in [2.05, 4.69) is 20.1 Å². The number of urea groups is 1. The van der Waals surface area contributed by atoms with E-state index in [1.54, 1.807) is 11.8 Å². The summed E-state index contributed by atoms with van der Waals surface area (Å²) in [5.41, 5.74) is 1.64. The van der Waals surface area contributed by atoms with Gasteiger partial charge in [0.15, 0.2) is 5.82 Å². The zero-order chi connectivity index (χ0) is 19.5. The number of hydrogen-bond acceptors (Lipinski definition) is 5. The lowest BCUT2D eigenvalue weighted by Crippen LogP contribution is -2.44. The third kappa shape index (κ3) is 3.72. The van der Waals surface area contributed by atoms with Crippen LogP contribution < -0.4 is 5.32 Å². The predicted octanol–water partition coefficient (Wildman–Crippen LogP) is 2.70. The molecular weight excluding hydrogens is 358 g/mol. The van der Waals surface area contributed by atoms with Crippen LogP contribution in [0.25, 0.3) is 11.4 Å². The molecule has 2 aliphatic rings. The summed E-state index contributed by atoms with van der Waals surface area (Å²) < 4.78 is 7.24. The van der Waals surface area contributed by atoms with E-state index in [-0.39, 0.29) is 17.9 Å². The molecule has 148 valence electrons. The van der Waals surface area contributed by atoms with E-state index < -0.39 is 0 Å². The molecule has 1 N–H and O–H groups in total. The lowest BCUT2D eigenvalue weighted by Gasteiger charge is -2.31. The molecule has 1 fully saturated rings. The molecule has 0 aliphatic carbocycles. The summed E-state index contributed by atoms with van der Waals surface area (Å²) in [5.74, 6) is 1.39. The number of esters is 1. The molecule has 1 atom stereocenters. The van der Waals surface area contributed by atoms with Crippen molar-refractivity contribution in [3.63, 3.8) is 0 Å². The van der Waals surface area contributed by atoms with Gasteiger partial charge in [-0.15, -0.1) is 10.2 Å². The Kier molecular flexibility index (Phi) is 5.27. The van der Waals surface area contributed by atoms with Crippen molar-refractivity contribution in [2.45, 2.75) is 39.2 Å². The molecule has 1 saturated heterocycles. The second-order valence-electron chi connectivity index (χ2n) is 7.24. The van der Waals surface area contributed by atoms with Gasteiger partial charge in [0.05, 0.1) is 12.5 Å². The zero-order valence-electron chi connectivity index (χ0n) is 16.1. The third-order valence-electron chi connectivity index (χ3n) is 5.31. The molecule has 0 saturated carbocycles. The van der Waals surface area contributed by atoms with Crippen LogP contribution in [0.1, 0.15) is 32.0 Å². The molecule has 1 aromatic carbocycles. The van der Waals surface area contributed by atoms with Crippen molar-refractivity contribution >= 4 is 17.7 Å². The maximum Gasteiger partial charge on any atom is 0.321 e. The van der Waals surface area contributed by atoms with Gasteiger partial charge in [0.2, 0.25) is 0 Å². The number of hydrogen-bond donors (Lipinski definition) is 1. The summed E-state index contributed by atoms with van der Waals surface area (Å²) in [6, 6.07) is 7.45. The molecule has 0 radical (unpaired) electrons. The van der Waals surface area contributed by atoms with Crippen LogP contribution in [-0.4, -0.2) is 51.4 Å². The van der Waals surface area contributed by atoms with Crippen molar-refractivity contribution in [1.82, 2.24) is 19.7 Å². The van der Waals surface area contributed by atoms with Gasteiger partial charge in [0.25, 0.3) is 0 Å². The molecule has 0 unspecified atom stereocenters. The summed E-state index contributed by atoms with van der Waals surface area (Å²) >= 11 is 0. The minimum absolute atomic E-state index is 0.197. The number of rotatable bonds is 4. The second kappa shape index (κ2) is 8.00. The quantitative estimate of drug-likeness (QED) is 0.820. The van der Waals surface area contributed by atoms with E-state index in [1.165, 1.54) is 0 Å². The average molecular weight is 383 g/mol. The first-order valence-electron chi connectivity index (χ1n) is 9.90. The molecule has 4 rings (SSSR count). The van der Waals surface area contributed by atoms with Gasteiger partial charge < -0.3 is 19.5 Å². The summed E-state index contributed by atoms with van der Waals surface area (Å²) in [5, 5.41) is 11.5. The smallest absolute Gasteiger partial charge is 0.321 e. The minimum Gasteiger partial charge on any atom is -0.466 e. The largest absolute Gasteiger partial charge is 0.466 e. The Morgan fingerprint density at radius 1 is 1.25 bits per heavy atom. The molecule has 0 spiro atoms. The summed E-state index contributed by atoms with van der Waals surface area (Å²) in [6.45, 7) is 4.11. The van der Waals surface area contributed by atoms with E-state index >= 15 is 0 Å². The third-order valence-corrected chi connectivity index (χ3v) is 5.31. The zero-order valence-corrected chi connectivity index (χ0v) is 16.1. The van der Waals surface area contributed by atoms with E-state index in [1.807, 2.05) is 24.3 Å². The molecule has 0 bridgehead atoms. The first-order chi connectivity index (χ1) is 13.7. The molecule has 2 aromatic rings. The van der Waals surface area contributed by atoms with Gasteiger partial charge in [-0.05, 0) is 38.3 Å². The van der Waals surface area contributed by atoms with Gasteiger partial charge in [-0.3, -0.25) is 4.79 Å². The van der Waals surface area contributed by atoms with Crippen LogP contribution in [0.5, 0.6) is 0 Å². The fourth-order valence-corrected chi connectivity index (χ4v) is 3.92. The van der Waals surface area contributed by atoms with Crippen molar-refractivity contribution in [3.8, 4) is 11.4 Å². The number of benzene rings is 1. The minimum atomic E-state index is -0.246. The lowest BCUT2D eigenvalue weighted by atomic mass is 9.98. The van der Waals surface area contributed by atoms with Crippen molar-refractivity contribution in [1.29, 1.82) is 0 Å². The number of aryl methyl sites for hydroxylation is 1. The number of piperidine rings is 1. The van der Waals surface area contributed by atoms with Crippen LogP contribution in [0.3, 0.4) is 0 Å². The maximum atomic E-state index is 12.7. The number of nitrogens with zero attached hydrogens (tertiary/aromatic N) is 4. The average Bonchev–Trinajstić information content (AvgIpc) is 3.32. The Labute approximate surface area is 163 Å². The molecule has 3 heterocycles. The first kappa shape index (κ1) is 18.5. The van der Waals surface area contributed by atoms with Crippen LogP contribution in [0.2, 0.25) is 0 Å². The summed E-state index contributed by atoms with van der Waals surface area (Å²) in [6.07, 6.45) is 3.60. The normalized spacial score (nSPS) is 18.6. The Morgan fingerprint density at radius 2 is 2.14 bits per heavy atom. The Balaban J connectivity index is 1.44. The topological polar surface area (TPSA) is 89.3 Å². The van der Waals surface area contributed by atoms with E-state index in [0.29, 0.717) is 25.4 Å². The predicted molar refractivity (Wildman–Crippen MR) is 104 cm³/mol. The molecule has 2 aliphatic heterocycles. The standard InChI is InChI=1S/C20H25N5O3/c1-2-28-19(26)15-7-4-10-24(13-15)20(27)21-16-8-3-6-14(12-16)18-23-22-17-9-5-11-25(17)18/h3,6,8,12,15H,2,4-5,7,9-11,13H2,1H3,(H,21,27)/t15-/m0/s1. The van der Waals surface area contributed by atoms with E-state index in [4.69, 9.17) is 4.74 Å². The van der Waals surface area contributed by atoms with Crippen molar-refractivity contribution in [3.05, 3.63) is 30.1 Å². The molecule has 1 aromatic heterocycles. The Hall–Kier alpha value is -2.90. The van der Waals surface area contributed by atoms with Gasteiger partial charge in [0.1, 0.15) is 5.82 Å². The van der Waals surface area contributed by atoms with Gasteiger partial charge in [-0.1, -0.05) is 12.1 Å². The van der Waals surface area contributed by atoms with E-state index in [0.717, 1.165) is 49.4 Å². The summed E-state index contributed by atoms with van der Waals surface area (Å²) in [4.78, 5) is 26.4. The van der Waals surface area contributed by atoms with E-state index in [9.17, 15) is 9.59 Å². The second-order valence-corrected chi connectivity index (χ2v) is 7.24. The number of fused-ring (bicyclic) bond motifs is 1. The van der Waals surface area contributed by atoms with Crippen LogP contribution in [0.15, 0.2) is 24.3 Å². The fraction of sp³-hybridized carbons (Fsp3) is 0.500. The van der Waals surface area contributed by atoms with Crippen LogP contribution >= 0.6 is 0 Å². The number of likely N-dealkylation sites (tertiary alicyclic amines) is 1. The molecule has 8 heteroatoms. The van der Waals surface area contributed by atoms with Crippen molar-refractivity contribution < 1.29 is 14.3 Å². The fourth-order valence-electron chi connectivity index (χ4n) is 3.92. The van der Waals surface area contributed by atoms with Crippen LogP contribution in [0, 0.1) is 5.92 Å². The highest BCUT2D eigenvalue weighted by Crippen LogP contribution is 2.26. The first-order valence-corrected chi connectivity index (χ1v) is 9.90. The number of carbonyl (C=O) groups is 2. The van der Waals surface area contributed by atoms with Crippen LogP contribution in [-0.2, 0) is 22.5 Å². The van der Waals surface area contributed by atoms with Crippen LogP contribution in [0.4, 0.5) is 10.5 Å². The monoisotopic (exact) mass is 383 g/mol. The highest BCUT2D eigenvalue weighted by atomic mass is 16.5. The lowest BCUT2D eigenvalue weighted by molar-refractivity contribution is -0.149. The molecule has 2 amide bonds. The van der Waals surface area contributed by atoms with Crippen molar-refractivity contribution in [2.24, 2.45) is 5.92 Å². The highest BCUT2D eigenvalue weighted by molar-refractivity contribution is 5.90. The number of amides is 2. The molecule has 28 heavy (non-hydrogen) atoms.